The zero-order valence-electron chi connectivity index (χ0n) is 20.3. The maximum Gasteiger partial charge on any atom is 0.123 e. The first kappa shape index (κ1) is 21.9. The number of benzene rings is 3. The molecule has 4 heterocycles. The fraction of sp³-hybridized carbons (Fsp3) is 0.161. The highest BCUT2D eigenvalue weighted by Gasteiger charge is 2.16. The van der Waals surface area contributed by atoms with Crippen molar-refractivity contribution in [2.45, 2.75) is 19.4 Å². The second-order valence-electron chi connectivity index (χ2n) is 9.86. The van der Waals surface area contributed by atoms with Gasteiger partial charge in [0.1, 0.15) is 11.5 Å². The monoisotopic (exact) mass is 487 g/mol. The van der Waals surface area contributed by atoms with Crippen molar-refractivity contribution in [1.82, 2.24) is 25.1 Å². The van der Waals surface area contributed by atoms with Crippen molar-refractivity contribution in [3.05, 3.63) is 96.6 Å². The number of aromatic nitrogens is 4. The summed E-state index contributed by atoms with van der Waals surface area (Å²) in [6.07, 6.45) is 6.47. The average molecular weight is 488 g/mol. The van der Waals surface area contributed by atoms with Gasteiger partial charge in [-0.15, -0.1) is 0 Å². The smallest absolute Gasteiger partial charge is 0.123 e. The first-order valence-corrected chi connectivity index (χ1v) is 12.7. The predicted molar refractivity (Wildman–Crippen MR) is 147 cm³/mol. The van der Waals surface area contributed by atoms with Crippen molar-refractivity contribution in [3.63, 3.8) is 0 Å². The molecule has 3 aromatic heterocycles. The van der Waals surface area contributed by atoms with Crippen LogP contribution in [0.2, 0.25) is 0 Å². The van der Waals surface area contributed by atoms with Crippen LogP contribution < -0.4 is 0 Å². The number of rotatable bonds is 5. The molecule has 6 aromatic rings. The molecule has 1 aliphatic rings. The number of aromatic amines is 2. The highest BCUT2D eigenvalue weighted by atomic mass is 19.1. The molecule has 3 aromatic carbocycles. The number of pyridine rings is 1. The average Bonchev–Trinajstić information content (AvgIpc) is 3.67. The number of H-pyrrole nitrogens is 2. The normalized spacial score (nSPS) is 14.2. The fourth-order valence-corrected chi connectivity index (χ4v) is 5.52. The highest BCUT2D eigenvalue weighted by Crippen LogP contribution is 2.35. The second-order valence-corrected chi connectivity index (χ2v) is 9.86. The van der Waals surface area contributed by atoms with Crippen LogP contribution >= 0.6 is 0 Å². The maximum absolute atomic E-state index is 13.9. The molecule has 0 radical (unpaired) electrons. The Morgan fingerprint density at radius 1 is 0.784 bits per heavy atom. The van der Waals surface area contributed by atoms with Crippen LogP contribution in [0.4, 0.5) is 4.39 Å². The van der Waals surface area contributed by atoms with E-state index in [0.29, 0.717) is 0 Å². The lowest BCUT2D eigenvalue weighted by atomic mass is 10.0. The molecule has 1 aliphatic heterocycles. The fourth-order valence-electron chi connectivity index (χ4n) is 5.52. The molecule has 0 saturated carbocycles. The Kier molecular flexibility index (Phi) is 5.33. The quantitative estimate of drug-likeness (QED) is 0.271. The van der Waals surface area contributed by atoms with Crippen molar-refractivity contribution >= 4 is 21.8 Å². The van der Waals surface area contributed by atoms with Crippen LogP contribution in [0.15, 0.2) is 85.2 Å². The third-order valence-corrected chi connectivity index (χ3v) is 7.35. The summed E-state index contributed by atoms with van der Waals surface area (Å²) in [5.41, 5.74) is 9.05. The van der Waals surface area contributed by atoms with Gasteiger partial charge < -0.3 is 4.98 Å². The molecule has 6 heteroatoms. The van der Waals surface area contributed by atoms with Crippen LogP contribution in [-0.4, -0.2) is 38.2 Å². The van der Waals surface area contributed by atoms with E-state index in [1.807, 2.05) is 36.7 Å². The van der Waals surface area contributed by atoms with Gasteiger partial charge in [0, 0.05) is 40.8 Å². The summed E-state index contributed by atoms with van der Waals surface area (Å²) >= 11 is 0. The number of nitrogens with zero attached hydrogens (tertiary/aromatic N) is 3. The summed E-state index contributed by atoms with van der Waals surface area (Å²) in [5, 5.41) is 9.92. The van der Waals surface area contributed by atoms with Gasteiger partial charge in [0.05, 0.1) is 11.2 Å². The molecule has 1 saturated heterocycles. The lowest BCUT2D eigenvalue weighted by Gasteiger charge is -2.14. The third kappa shape index (κ3) is 4.09. The largest absolute Gasteiger partial charge is 0.353 e. The van der Waals surface area contributed by atoms with E-state index in [9.17, 15) is 4.39 Å². The van der Waals surface area contributed by atoms with Gasteiger partial charge in [-0.05, 0) is 90.6 Å². The van der Waals surface area contributed by atoms with Gasteiger partial charge in [0.15, 0.2) is 0 Å². The van der Waals surface area contributed by atoms with Gasteiger partial charge in [0.25, 0.3) is 0 Å². The number of hydrogen-bond acceptors (Lipinski definition) is 3. The van der Waals surface area contributed by atoms with Gasteiger partial charge >= 0.3 is 0 Å². The zero-order chi connectivity index (χ0) is 24.8. The topological polar surface area (TPSA) is 60.6 Å². The van der Waals surface area contributed by atoms with Gasteiger partial charge in [-0.2, -0.15) is 5.10 Å². The van der Waals surface area contributed by atoms with Crippen molar-refractivity contribution in [1.29, 1.82) is 0 Å². The van der Waals surface area contributed by atoms with E-state index < -0.39 is 0 Å². The molecule has 0 amide bonds. The lowest BCUT2D eigenvalue weighted by molar-refractivity contribution is 0.331. The van der Waals surface area contributed by atoms with E-state index >= 15 is 0 Å². The van der Waals surface area contributed by atoms with E-state index in [4.69, 9.17) is 0 Å². The Labute approximate surface area is 214 Å². The van der Waals surface area contributed by atoms with E-state index in [1.165, 1.54) is 37.6 Å². The number of likely N-dealkylation sites (tertiary alicyclic amines) is 1. The summed E-state index contributed by atoms with van der Waals surface area (Å²) in [6, 6.07) is 23.5. The molecule has 0 atom stereocenters. The lowest BCUT2D eigenvalue weighted by Crippen LogP contribution is -2.18. The molecule has 5 nitrogen and oxygen atoms in total. The van der Waals surface area contributed by atoms with Gasteiger partial charge in [-0.25, -0.2) is 4.39 Å². The SMILES string of the molecule is Fc1cccc(-c2cccc3[nH]c(-c4n[nH]c5ccc(-c6cncc(CN7CCCC7)c6)cc45)cc23)c1. The first-order chi connectivity index (χ1) is 18.2. The molecule has 37 heavy (non-hydrogen) atoms. The van der Waals surface area contributed by atoms with Crippen LogP contribution in [0.1, 0.15) is 18.4 Å². The molecule has 0 bridgehead atoms. The molecule has 1 fully saturated rings. The Bertz CT molecular complexity index is 1740. The molecule has 2 N–H and O–H groups in total. The number of nitrogens with one attached hydrogen (secondary N) is 2. The van der Waals surface area contributed by atoms with Gasteiger partial charge in [-0.3, -0.25) is 15.0 Å². The highest BCUT2D eigenvalue weighted by molar-refractivity contribution is 6.01. The summed E-state index contributed by atoms with van der Waals surface area (Å²) in [6.45, 7) is 3.28. The van der Waals surface area contributed by atoms with Crippen LogP contribution in [0.3, 0.4) is 0 Å². The van der Waals surface area contributed by atoms with Crippen LogP contribution in [0, 0.1) is 5.82 Å². The van der Waals surface area contributed by atoms with Gasteiger partial charge in [0.2, 0.25) is 0 Å². The zero-order valence-corrected chi connectivity index (χ0v) is 20.3. The first-order valence-electron chi connectivity index (χ1n) is 12.7. The summed E-state index contributed by atoms with van der Waals surface area (Å²) in [4.78, 5) is 10.6. The molecule has 7 rings (SSSR count). The third-order valence-electron chi connectivity index (χ3n) is 7.35. The van der Waals surface area contributed by atoms with Crippen LogP contribution in [0.25, 0.3) is 55.4 Å². The van der Waals surface area contributed by atoms with E-state index in [0.717, 1.165) is 62.0 Å². The minimum atomic E-state index is -0.241. The van der Waals surface area contributed by atoms with Crippen molar-refractivity contribution in [2.75, 3.05) is 13.1 Å². The second kappa shape index (κ2) is 8.98. The summed E-state index contributed by atoms with van der Waals surface area (Å²) in [5.74, 6) is -0.241. The predicted octanol–water partition coefficient (Wildman–Crippen LogP) is 7.18. The van der Waals surface area contributed by atoms with Gasteiger partial charge in [-0.1, -0.05) is 30.3 Å². The standard InChI is InChI=1S/C31H26FN5/c32-24-6-3-5-22(14-24)25-7-4-8-28-26(25)16-30(34-28)31-27-15-21(9-10-29(27)35-36-31)23-13-20(17-33-18-23)19-37-11-1-2-12-37/h3-10,13-18,34H,1-2,11-12,19H2,(H,35,36). The number of hydrogen-bond donors (Lipinski definition) is 2. The van der Waals surface area contributed by atoms with Crippen molar-refractivity contribution in [3.8, 4) is 33.6 Å². The molecule has 0 aliphatic carbocycles. The Morgan fingerprint density at radius 2 is 1.68 bits per heavy atom. The summed E-state index contributed by atoms with van der Waals surface area (Å²) in [7, 11) is 0. The Hall–Kier alpha value is -4.29. The molecular weight excluding hydrogens is 461 g/mol. The maximum atomic E-state index is 13.9. The number of fused-ring (bicyclic) bond motifs is 2. The van der Waals surface area contributed by atoms with Crippen molar-refractivity contribution < 1.29 is 4.39 Å². The molecule has 182 valence electrons. The molecular formula is C31H26FN5. The van der Waals surface area contributed by atoms with Crippen LogP contribution in [-0.2, 0) is 6.54 Å². The molecule has 0 spiro atoms. The van der Waals surface area contributed by atoms with E-state index in [2.05, 4.69) is 55.4 Å². The minimum Gasteiger partial charge on any atom is -0.353 e. The van der Waals surface area contributed by atoms with E-state index in [1.54, 1.807) is 12.1 Å². The minimum absolute atomic E-state index is 0.241. The van der Waals surface area contributed by atoms with Crippen LogP contribution in [0.5, 0.6) is 0 Å². The van der Waals surface area contributed by atoms with Crippen molar-refractivity contribution in [2.24, 2.45) is 0 Å². The molecule has 0 unspecified atom stereocenters. The Morgan fingerprint density at radius 3 is 2.57 bits per heavy atom. The summed E-state index contributed by atoms with van der Waals surface area (Å²) < 4.78 is 13.9. The Balaban J connectivity index is 1.28. The number of halogens is 1. The van der Waals surface area contributed by atoms with E-state index in [-0.39, 0.29) is 5.82 Å².